The van der Waals surface area contributed by atoms with Crippen LogP contribution in [0.3, 0.4) is 0 Å². The summed E-state index contributed by atoms with van der Waals surface area (Å²) in [5.74, 6) is -8.87. The number of anilines is 1. The lowest BCUT2D eigenvalue weighted by atomic mass is 10.0. The molecule has 7 nitrogen and oxygen atoms in total. The van der Waals surface area contributed by atoms with Crippen LogP contribution in [0.15, 0.2) is 48.7 Å². The second-order valence-corrected chi connectivity index (χ2v) is 7.89. The van der Waals surface area contributed by atoms with Crippen LogP contribution in [0.4, 0.5) is 27.9 Å². The summed E-state index contributed by atoms with van der Waals surface area (Å²) in [6, 6.07) is 7.07. The minimum absolute atomic E-state index is 0.0139. The Kier molecular flexibility index (Phi) is 6.34. The first-order chi connectivity index (χ1) is 16.5. The van der Waals surface area contributed by atoms with Crippen LogP contribution < -0.4 is 11.1 Å². The second kappa shape index (κ2) is 9.12. The number of alkyl halides is 2. The lowest BCUT2D eigenvalue weighted by Crippen LogP contribution is -2.41. The first kappa shape index (κ1) is 24.4. The average molecular weight is 512 g/mol. The van der Waals surface area contributed by atoms with Crippen molar-refractivity contribution in [3.8, 4) is 11.1 Å². The van der Waals surface area contributed by atoms with Crippen molar-refractivity contribution in [2.45, 2.75) is 12.0 Å². The summed E-state index contributed by atoms with van der Waals surface area (Å²) in [5.41, 5.74) is 4.28. The van der Waals surface area contributed by atoms with Gasteiger partial charge >= 0.3 is 0 Å². The fraction of sp³-hybridized carbons (Fsp3) is 0.136. The monoisotopic (exact) mass is 511 g/mol. The predicted octanol–water partition coefficient (Wildman–Crippen LogP) is 4.15. The second-order valence-electron chi connectivity index (χ2n) is 7.48. The van der Waals surface area contributed by atoms with Gasteiger partial charge in [-0.1, -0.05) is 11.6 Å². The largest absolute Gasteiger partial charge is 0.382 e. The summed E-state index contributed by atoms with van der Waals surface area (Å²) in [6.45, 7) is -1.52. The minimum Gasteiger partial charge on any atom is -0.382 e. The molecule has 0 aliphatic carbocycles. The molecule has 4 N–H and O–H groups in total. The van der Waals surface area contributed by atoms with E-state index in [4.69, 9.17) is 17.3 Å². The number of pyridine rings is 1. The third-order valence-corrected chi connectivity index (χ3v) is 5.44. The number of benzene rings is 2. The number of nitrogen functional groups attached to an aromatic ring is 1. The van der Waals surface area contributed by atoms with Crippen molar-refractivity contribution < 1.29 is 31.9 Å². The highest BCUT2D eigenvalue weighted by atomic mass is 35.5. The Morgan fingerprint density at radius 3 is 2.66 bits per heavy atom. The van der Waals surface area contributed by atoms with E-state index in [2.05, 4.69) is 10.1 Å². The molecular weight excluding hydrogens is 497 g/mol. The Labute approximate surface area is 199 Å². The highest BCUT2D eigenvalue weighted by Crippen LogP contribution is 2.34. The first-order valence-corrected chi connectivity index (χ1v) is 10.2. The van der Waals surface area contributed by atoms with Crippen molar-refractivity contribution in [2.24, 2.45) is 0 Å². The predicted molar refractivity (Wildman–Crippen MR) is 116 cm³/mol. The molecule has 35 heavy (non-hydrogen) atoms. The number of aliphatic hydroxyl groups excluding tert-OH is 1. The Morgan fingerprint density at radius 2 is 1.91 bits per heavy atom. The molecule has 2 aromatic carbocycles. The van der Waals surface area contributed by atoms with E-state index in [0.29, 0.717) is 23.8 Å². The number of hydrogen-bond donors (Lipinski definition) is 3. The fourth-order valence-corrected chi connectivity index (χ4v) is 3.62. The van der Waals surface area contributed by atoms with E-state index in [-0.39, 0.29) is 22.1 Å². The third kappa shape index (κ3) is 4.75. The third-order valence-electron chi connectivity index (χ3n) is 5.12. The average Bonchev–Trinajstić information content (AvgIpc) is 3.18. The van der Waals surface area contributed by atoms with Gasteiger partial charge in [0, 0.05) is 17.3 Å². The van der Waals surface area contributed by atoms with Crippen molar-refractivity contribution >= 4 is 29.1 Å². The summed E-state index contributed by atoms with van der Waals surface area (Å²) in [6.07, 6.45) is -1.33. The molecule has 0 unspecified atom stereocenters. The number of aromatic nitrogens is 3. The molecule has 0 saturated heterocycles. The van der Waals surface area contributed by atoms with Crippen LogP contribution in [0, 0.1) is 17.5 Å². The molecule has 0 fully saturated rings. The molecule has 0 spiro atoms. The van der Waals surface area contributed by atoms with E-state index in [9.17, 15) is 27.5 Å². The molecule has 0 radical (unpaired) electrons. The summed E-state index contributed by atoms with van der Waals surface area (Å²) in [5, 5.41) is 15.2. The van der Waals surface area contributed by atoms with E-state index in [1.165, 1.54) is 35.0 Å². The molecule has 0 aliphatic heterocycles. The van der Waals surface area contributed by atoms with E-state index in [1.807, 2.05) is 0 Å². The standard InChI is InChI=1S/C22H15ClF5N5O2/c23-14-3-2-12(10-5-6-33-16(7-10)31-21(29)32-33)18(26)17(14)20(35)30-9-22(27,28)19(34)13-8-11(24)1-4-15(13)25/h1-8,19,34H,9H2,(H2,29,32)(H,30,35)/t19-/m1/s1. The molecule has 182 valence electrons. The van der Waals surface area contributed by atoms with Gasteiger partial charge in [0.15, 0.2) is 5.65 Å². The van der Waals surface area contributed by atoms with Crippen LogP contribution in [0.5, 0.6) is 0 Å². The van der Waals surface area contributed by atoms with Gasteiger partial charge in [-0.3, -0.25) is 4.79 Å². The molecule has 0 bridgehead atoms. The topological polar surface area (TPSA) is 106 Å². The number of carbonyl (C=O) groups is 1. The zero-order chi connectivity index (χ0) is 25.5. The SMILES string of the molecule is Nc1nc2cc(-c3ccc(Cl)c(C(=O)NCC(F)(F)[C@H](O)c4cc(F)ccc4F)c3F)ccn2n1. The zero-order valence-electron chi connectivity index (χ0n) is 17.4. The normalized spacial score (nSPS) is 12.7. The van der Waals surface area contributed by atoms with Crippen LogP contribution >= 0.6 is 11.6 Å². The Morgan fingerprint density at radius 1 is 1.17 bits per heavy atom. The van der Waals surface area contributed by atoms with Crippen molar-refractivity contribution in [3.63, 3.8) is 0 Å². The molecular formula is C22H15ClF5N5O2. The van der Waals surface area contributed by atoms with Crippen LogP contribution in [-0.4, -0.2) is 38.1 Å². The molecule has 0 aliphatic rings. The quantitative estimate of drug-likeness (QED) is 0.337. The molecule has 2 heterocycles. The van der Waals surface area contributed by atoms with Gasteiger partial charge in [-0.25, -0.2) is 26.5 Å². The van der Waals surface area contributed by atoms with Crippen LogP contribution in [0.25, 0.3) is 16.8 Å². The molecule has 1 atom stereocenters. The Bertz CT molecular complexity index is 1450. The number of hydrogen-bond acceptors (Lipinski definition) is 5. The minimum atomic E-state index is -4.14. The number of nitrogens with zero attached hydrogens (tertiary/aromatic N) is 3. The molecule has 13 heteroatoms. The van der Waals surface area contributed by atoms with Crippen molar-refractivity contribution in [1.82, 2.24) is 19.9 Å². The lowest BCUT2D eigenvalue weighted by Gasteiger charge is -2.24. The molecule has 4 aromatic rings. The summed E-state index contributed by atoms with van der Waals surface area (Å²) < 4.78 is 72.7. The summed E-state index contributed by atoms with van der Waals surface area (Å²) >= 11 is 5.96. The van der Waals surface area contributed by atoms with E-state index < -0.39 is 53.1 Å². The first-order valence-electron chi connectivity index (χ1n) is 9.87. The number of carbonyl (C=O) groups excluding carboxylic acids is 1. The van der Waals surface area contributed by atoms with Crippen molar-refractivity contribution in [2.75, 3.05) is 12.3 Å². The zero-order valence-corrected chi connectivity index (χ0v) is 18.2. The number of halogens is 6. The number of aliphatic hydroxyl groups is 1. The van der Waals surface area contributed by atoms with E-state index >= 15 is 4.39 Å². The highest BCUT2D eigenvalue weighted by molar-refractivity contribution is 6.34. The fourth-order valence-electron chi connectivity index (χ4n) is 3.38. The number of rotatable bonds is 6. The van der Waals surface area contributed by atoms with Crippen molar-refractivity contribution in [3.05, 3.63) is 82.3 Å². The maximum Gasteiger partial charge on any atom is 0.294 e. The molecule has 1 amide bonds. The van der Waals surface area contributed by atoms with Gasteiger partial charge in [0.25, 0.3) is 11.8 Å². The highest BCUT2D eigenvalue weighted by Gasteiger charge is 2.41. The van der Waals surface area contributed by atoms with Crippen LogP contribution in [0.2, 0.25) is 5.02 Å². The van der Waals surface area contributed by atoms with Gasteiger partial charge in [0.05, 0.1) is 17.1 Å². The van der Waals surface area contributed by atoms with Gasteiger partial charge in [0.2, 0.25) is 5.95 Å². The number of amides is 1. The number of fused-ring (bicyclic) bond motifs is 1. The summed E-state index contributed by atoms with van der Waals surface area (Å²) in [4.78, 5) is 16.5. The van der Waals surface area contributed by atoms with Gasteiger partial charge in [-0.2, -0.15) is 4.98 Å². The molecule has 0 saturated carbocycles. The van der Waals surface area contributed by atoms with E-state index in [0.717, 1.165) is 0 Å². The van der Waals surface area contributed by atoms with Gasteiger partial charge in [0.1, 0.15) is 23.6 Å². The Hall–Kier alpha value is -3.77. The van der Waals surface area contributed by atoms with Gasteiger partial charge < -0.3 is 16.2 Å². The van der Waals surface area contributed by atoms with Gasteiger partial charge in [-0.15, -0.1) is 5.10 Å². The van der Waals surface area contributed by atoms with Crippen molar-refractivity contribution in [1.29, 1.82) is 0 Å². The maximum absolute atomic E-state index is 15.3. The van der Waals surface area contributed by atoms with Crippen LogP contribution in [-0.2, 0) is 0 Å². The Balaban J connectivity index is 1.59. The maximum atomic E-state index is 15.3. The lowest BCUT2D eigenvalue weighted by molar-refractivity contribution is -0.107. The smallest absolute Gasteiger partial charge is 0.294 e. The van der Waals surface area contributed by atoms with E-state index in [1.54, 1.807) is 5.32 Å². The number of nitrogens with two attached hydrogens (primary N) is 1. The molecule has 2 aromatic heterocycles. The molecule has 4 rings (SSSR count). The van der Waals surface area contributed by atoms with Crippen LogP contribution in [0.1, 0.15) is 22.0 Å². The number of nitrogens with one attached hydrogen (secondary N) is 1. The van der Waals surface area contributed by atoms with Gasteiger partial charge in [-0.05, 0) is 48.0 Å². The summed E-state index contributed by atoms with van der Waals surface area (Å²) in [7, 11) is 0.